The zero-order chi connectivity index (χ0) is 9.97. The summed E-state index contributed by atoms with van der Waals surface area (Å²) in [6.45, 7) is 0.790. The molecule has 1 aliphatic rings. The van der Waals surface area contributed by atoms with Gasteiger partial charge in [0.05, 0.1) is 17.9 Å². The van der Waals surface area contributed by atoms with Gasteiger partial charge in [-0.05, 0) is 6.07 Å². The molecule has 1 N–H and O–H groups in total. The first-order valence-electron chi connectivity index (χ1n) is 4.14. The van der Waals surface area contributed by atoms with Crippen molar-refractivity contribution >= 4 is 11.6 Å². The standard InChI is InChI=1S/C9H8N2O3/c12-9(11-13)7-3-1-2-6-4-14-5-10-8(6)7/h1-3,10H,4-5H2. The van der Waals surface area contributed by atoms with Crippen LogP contribution < -0.4 is 5.32 Å². The molecule has 0 bridgehead atoms. The van der Waals surface area contributed by atoms with Gasteiger partial charge in [0.2, 0.25) is 0 Å². The Morgan fingerprint density at radius 3 is 3.14 bits per heavy atom. The Balaban J connectivity index is 2.50. The van der Waals surface area contributed by atoms with Crippen molar-refractivity contribution in [2.75, 3.05) is 12.0 Å². The van der Waals surface area contributed by atoms with E-state index in [1.54, 1.807) is 12.1 Å². The lowest BCUT2D eigenvalue weighted by molar-refractivity contribution is 0.0998. The maximum atomic E-state index is 11.1. The number of nitrogens with zero attached hydrogens (tertiary/aromatic N) is 1. The lowest BCUT2D eigenvalue weighted by Gasteiger charge is -2.19. The van der Waals surface area contributed by atoms with Crippen LogP contribution in [0, 0.1) is 4.91 Å². The van der Waals surface area contributed by atoms with E-state index in [1.807, 2.05) is 6.07 Å². The van der Waals surface area contributed by atoms with Gasteiger partial charge in [0.15, 0.2) is 0 Å². The maximum Gasteiger partial charge on any atom is 0.318 e. The molecule has 0 radical (unpaired) electrons. The Kier molecular flexibility index (Phi) is 2.24. The molecule has 0 aromatic heterocycles. The first-order chi connectivity index (χ1) is 6.83. The van der Waals surface area contributed by atoms with Gasteiger partial charge in [0.25, 0.3) is 0 Å². The molecular weight excluding hydrogens is 184 g/mol. The Morgan fingerprint density at radius 1 is 1.50 bits per heavy atom. The zero-order valence-corrected chi connectivity index (χ0v) is 7.32. The quantitative estimate of drug-likeness (QED) is 0.684. The van der Waals surface area contributed by atoms with Gasteiger partial charge >= 0.3 is 5.91 Å². The average molecular weight is 192 g/mol. The van der Waals surface area contributed by atoms with Gasteiger partial charge in [-0.25, -0.2) is 0 Å². The van der Waals surface area contributed by atoms with Crippen LogP contribution in [0.15, 0.2) is 23.4 Å². The molecular formula is C9H8N2O3. The van der Waals surface area contributed by atoms with Crippen molar-refractivity contribution in [3.63, 3.8) is 0 Å². The van der Waals surface area contributed by atoms with Crippen LogP contribution >= 0.6 is 0 Å². The SMILES string of the molecule is O=NC(=O)c1cccc2c1NCOC2. The molecule has 1 aromatic carbocycles. The number of amides is 1. The molecule has 5 nitrogen and oxygen atoms in total. The van der Waals surface area contributed by atoms with Crippen LogP contribution in [-0.2, 0) is 11.3 Å². The van der Waals surface area contributed by atoms with Crippen molar-refractivity contribution in [1.82, 2.24) is 0 Å². The Hall–Kier alpha value is -1.75. The first-order valence-corrected chi connectivity index (χ1v) is 4.14. The number of hydrogen-bond acceptors (Lipinski definition) is 4. The van der Waals surface area contributed by atoms with Crippen LogP contribution in [0.4, 0.5) is 5.69 Å². The van der Waals surface area contributed by atoms with Crippen molar-refractivity contribution in [3.05, 3.63) is 34.2 Å². The number of carbonyl (C=O) groups excluding carboxylic acids is 1. The molecule has 0 unspecified atom stereocenters. The normalized spacial score (nSPS) is 14.0. The smallest absolute Gasteiger partial charge is 0.318 e. The topological polar surface area (TPSA) is 67.8 Å². The molecule has 1 amide bonds. The highest BCUT2D eigenvalue weighted by atomic mass is 16.5. The third-order valence-corrected chi connectivity index (χ3v) is 2.07. The second kappa shape index (κ2) is 3.55. The number of nitroso groups, excluding NO2 is 1. The largest absolute Gasteiger partial charge is 0.362 e. The molecule has 2 rings (SSSR count). The molecule has 0 aliphatic carbocycles. The molecule has 1 aromatic rings. The fraction of sp³-hybridized carbons (Fsp3) is 0.222. The van der Waals surface area contributed by atoms with Crippen molar-refractivity contribution < 1.29 is 9.53 Å². The van der Waals surface area contributed by atoms with Gasteiger partial charge in [-0.3, -0.25) is 4.79 Å². The van der Waals surface area contributed by atoms with Gasteiger partial charge in [-0.1, -0.05) is 12.1 Å². The molecule has 0 fully saturated rings. The molecule has 0 saturated heterocycles. The zero-order valence-electron chi connectivity index (χ0n) is 7.32. The second-order valence-electron chi connectivity index (χ2n) is 2.91. The summed E-state index contributed by atoms with van der Waals surface area (Å²) in [5.41, 5.74) is 1.83. The predicted molar refractivity (Wildman–Crippen MR) is 49.8 cm³/mol. The number of fused-ring (bicyclic) bond motifs is 1. The van der Waals surface area contributed by atoms with Crippen LogP contribution in [0.3, 0.4) is 0 Å². The number of rotatable bonds is 1. The number of para-hydroxylation sites is 1. The number of anilines is 1. The summed E-state index contributed by atoms with van der Waals surface area (Å²) in [6, 6.07) is 5.11. The van der Waals surface area contributed by atoms with E-state index in [9.17, 15) is 9.70 Å². The van der Waals surface area contributed by atoms with E-state index in [2.05, 4.69) is 10.5 Å². The molecule has 0 spiro atoms. The van der Waals surface area contributed by atoms with Crippen LogP contribution in [0.2, 0.25) is 0 Å². The Morgan fingerprint density at radius 2 is 2.36 bits per heavy atom. The van der Waals surface area contributed by atoms with E-state index in [0.29, 0.717) is 24.6 Å². The van der Waals surface area contributed by atoms with Crippen molar-refractivity contribution in [1.29, 1.82) is 0 Å². The number of carbonyl (C=O) groups is 1. The van der Waals surface area contributed by atoms with Crippen LogP contribution in [-0.4, -0.2) is 12.6 Å². The van der Waals surface area contributed by atoms with E-state index in [4.69, 9.17) is 4.74 Å². The van der Waals surface area contributed by atoms with Gasteiger partial charge in [0, 0.05) is 10.7 Å². The summed E-state index contributed by atoms with van der Waals surface area (Å²) in [5, 5.41) is 5.30. The molecule has 14 heavy (non-hydrogen) atoms. The number of benzene rings is 1. The highest BCUT2D eigenvalue weighted by molar-refractivity contribution is 6.00. The second-order valence-corrected chi connectivity index (χ2v) is 2.91. The van der Waals surface area contributed by atoms with Gasteiger partial charge in [-0.2, -0.15) is 0 Å². The van der Waals surface area contributed by atoms with E-state index in [-0.39, 0.29) is 0 Å². The van der Waals surface area contributed by atoms with Crippen LogP contribution in [0.5, 0.6) is 0 Å². The first kappa shape index (κ1) is 8.83. The number of hydrogen-bond donors (Lipinski definition) is 1. The molecule has 1 aliphatic heterocycles. The lowest BCUT2D eigenvalue weighted by Crippen LogP contribution is -2.17. The van der Waals surface area contributed by atoms with Crippen molar-refractivity contribution in [2.24, 2.45) is 5.18 Å². The summed E-state index contributed by atoms with van der Waals surface area (Å²) >= 11 is 0. The van der Waals surface area contributed by atoms with Crippen molar-refractivity contribution in [3.8, 4) is 0 Å². The van der Waals surface area contributed by atoms with Gasteiger partial charge in [-0.15, -0.1) is 4.91 Å². The van der Waals surface area contributed by atoms with Gasteiger partial charge in [0.1, 0.15) is 6.73 Å². The number of ether oxygens (including phenoxy) is 1. The summed E-state index contributed by atoms with van der Waals surface area (Å²) in [4.78, 5) is 21.3. The molecule has 1 heterocycles. The monoisotopic (exact) mass is 192 g/mol. The van der Waals surface area contributed by atoms with Crippen LogP contribution in [0.25, 0.3) is 0 Å². The van der Waals surface area contributed by atoms with E-state index < -0.39 is 5.91 Å². The highest BCUT2D eigenvalue weighted by Crippen LogP contribution is 2.25. The molecule has 0 atom stereocenters. The highest BCUT2D eigenvalue weighted by Gasteiger charge is 2.17. The summed E-state index contributed by atoms with van der Waals surface area (Å²) in [6.07, 6.45) is 0. The summed E-state index contributed by atoms with van der Waals surface area (Å²) in [5.74, 6) is -0.753. The van der Waals surface area contributed by atoms with E-state index in [1.165, 1.54) is 0 Å². The minimum atomic E-state index is -0.753. The minimum Gasteiger partial charge on any atom is -0.362 e. The fourth-order valence-electron chi connectivity index (χ4n) is 1.44. The molecule has 0 saturated carbocycles. The fourth-order valence-corrected chi connectivity index (χ4v) is 1.44. The Bertz CT molecular complexity index is 390. The molecule has 5 heteroatoms. The maximum absolute atomic E-state index is 11.1. The third kappa shape index (κ3) is 1.38. The summed E-state index contributed by atoms with van der Waals surface area (Å²) in [7, 11) is 0. The van der Waals surface area contributed by atoms with Crippen molar-refractivity contribution in [2.45, 2.75) is 6.61 Å². The predicted octanol–water partition coefficient (Wildman–Crippen LogP) is 1.49. The minimum absolute atomic E-state index is 0.306. The number of nitrogens with one attached hydrogen (secondary N) is 1. The third-order valence-electron chi connectivity index (χ3n) is 2.07. The molecule has 72 valence electrons. The Labute approximate surface area is 80.0 Å². The summed E-state index contributed by atoms with van der Waals surface area (Å²) < 4.78 is 5.13. The van der Waals surface area contributed by atoms with E-state index >= 15 is 0 Å². The lowest BCUT2D eigenvalue weighted by atomic mass is 10.1. The average Bonchev–Trinajstić information content (AvgIpc) is 2.27. The van der Waals surface area contributed by atoms with E-state index in [0.717, 1.165) is 5.56 Å². The van der Waals surface area contributed by atoms with Gasteiger partial charge < -0.3 is 10.1 Å². The van der Waals surface area contributed by atoms with Crippen LogP contribution in [0.1, 0.15) is 15.9 Å².